The normalized spacial score (nSPS) is 16.9. The number of benzene rings is 2. The van der Waals surface area contributed by atoms with E-state index < -0.39 is 12.1 Å². The van der Waals surface area contributed by atoms with E-state index in [0.717, 1.165) is 42.6 Å². The van der Waals surface area contributed by atoms with Crippen LogP contribution in [-0.4, -0.2) is 24.5 Å². The molecule has 5 heteroatoms. The Balaban J connectivity index is 1.54. The number of esters is 1. The van der Waals surface area contributed by atoms with E-state index in [1.54, 1.807) is 6.08 Å². The van der Waals surface area contributed by atoms with Crippen LogP contribution in [0.1, 0.15) is 48.5 Å². The summed E-state index contributed by atoms with van der Waals surface area (Å²) in [7, 11) is 0. The molecule has 1 atom stereocenters. The van der Waals surface area contributed by atoms with Crippen molar-refractivity contribution in [3.8, 4) is 5.75 Å². The zero-order chi connectivity index (χ0) is 20.2. The van der Waals surface area contributed by atoms with Crippen LogP contribution in [0.25, 0.3) is 6.08 Å². The third kappa shape index (κ3) is 4.50. The van der Waals surface area contributed by atoms with E-state index in [0.29, 0.717) is 11.1 Å². The average molecular weight is 391 g/mol. The van der Waals surface area contributed by atoms with E-state index in [-0.39, 0.29) is 18.6 Å². The first-order valence-corrected chi connectivity index (χ1v) is 10.1. The Morgan fingerprint density at radius 2 is 1.79 bits per heavy atom. The largest absolute Gasteiger partial charge is 0.488 e. The Morgan fingerprint density at radius 1 is 1.07 bits per heavy atom. The van der Waals surface area contributed by atoms with E-state index in [1.165, 1.54) is 0 Å². The van der Waals surface area contributed by atoms with Crippen molar-refractivity contribution < 1.29 is 19.1 Å². The van der Waals surface area contributed by atoms with Gasteiger partial charge in [0.25, 0.3) is 5.91 Å². The molecular weight excluding hydrogens is 366 g/mol. The summed E-state index contributed by atoms with van der Waals surface area (Å²) in [5, 5.41) is 3.05. The highest BCUT2D eigenvalue weighted by Crippen LogP contribution is 2.28. The van der Waals surface area contributed by atoms with Crippen molar-refractivity contribution >= 4 is 18.0 Å². The Labute approximate surface area is 170 Å². The van der Waals surface area contributed by atoms with Gasteiger partial charge in [-0.1, -0.05) is 60.9 Å². The topological polar surface area (TPSA) is 64.6 Å². The lowest BCUT2D eigenvalue weighted by atomic mass is 10.1. The van der Waals surface area contributed by atoms with Crippen molar-refractivity contribution in [1.82, 2.24) is 5.32 Å². The first kappa shape index (κ1) is 19.2. The summed E-state index contributed by atoms with van der Waals surface area (Å²) in [6, 6.07) is 15.2. The summed E-state index contributed by atoms with van der Waals surface area (Å²) < 4.78 is 11.4. The minimum absolute atomic E-state index is 0.126. The van der Waals surface area contributed by atoms with E-state index in [9.17, 15) is 9.59 Å². The second kappa shape index (κ2) is 8.52. The number of carbonyl (C=O) groups is 2. The molecule has 1 amide bonds. The summed E-state index contributed by atoms with van der Waals surface area (Å²) in [5.74, 6) is -0.0726. The molecule has 1 saturated carbocycles. The molecule has 29 heavy (non-hydrogen) atoms. The number of aryl methyl sites for hydroxylation is 1. The SMILES string of the molecule is Cc1ccc([C@@H](OC(=O)C2=Cc3ccccc3OC2)C(=O)NC2CCCC2)cc1. The highest BCUT2D eigenvalue weighted by molar-refractivity contribution is 5.97. The van der Waals surface area contributed by atoms with Gasteiger partial charge < -0.3 is 14.8 Å². The lowest BCUT2D eigenvalue weighted by molar-refractivity contribution is -0.153. The molecule has 1 heterocycles. The van der Waals surface area contributed by atoms with Crippen molar-refractivity contribution in [2.45, 2.75) is 44.8 Å². The fourth-order valence-corrected chi connectivity index (χ4v) is 3.78. The van der Waals surface area contributed by atoms with Gasteiger partial charge in [-0.25, -0.2) is 4.79 Å². The fraction of sp³-hybridized carbons (Fsp3) is 0.333. The number of ether oxygens (including phenoxy) is 2. The maximum Gasteiger partial charge on any atom is 0.338 e. The van der Waals surface area contributed by atoms with Gasteiger partial charge in [-0.05, 0) is 31.9 Å². The predicted molar refractivity (Wildman–Crippen MR) is 110 cm³/mol. The van der Waals surface area contributed by atoms with Gasteiger partial charge in [-0.2, -0.15) is 0 Å². The van der Waals surface area contributed by atoms with Crippen molar-refractivity contribution in [2.75, 3.05) is 6.61 Å². The summed E-state index contributed by atoms with van der Waals surface area (Å²) in [6.45, 7) is 2.10. The number of carbonyl (C=O) groups excluding carboxylic acids is 2. The number of para-hydroxylation sites is 1. The van der Waals surface area contributed by atoms with Crippen LogP contribution < -0.4 is 10.1 Å². The first-order chi connectivity index (χ1) is 14.1. The van der Waals surface area contributed by atoms with Crippen LogP contribution in [0, 0.1) is 6.92 Å². The monoisotopic (exact) mass is 391 g/mol. The van der Waals surface area contributed by atoms with Crippen LogP contribution in [0.5, 0.6) is 5.75 Å². The quantitative estimate of drug-likeness (QED) is 0.779. The number of hydrogen-bond acceptors (Lipinski definition) is 4. The lowest BCUT2D eigenvalue weighted by Crippen LogP contribution is -2.38. The molecule has 0 spiro atoms. The molecule has 1 fully saturated rings. The molecule has 1 aliphatic carbocycles. The average Bonchev–Trinajstić information content (AvgIpc) is 3.25. The van der Waals surface area contributed by atoms with Crippen LogP contribution in [0.15, 0.2) is 54.1 Å². The van der Waals surface area contributed by atoms with Crippen molar-refractivity contribution in [2.24, 2.45) is 0 Å². The maximum absolute atomic E-state index is 13.0. The number of nitrogens with one attached hydrogen (secondary N) is 1. The fourth-order valence-electron chi connectivity index (χ4n) is 3.78. The minimum atomic E-state index is -0.984. The molecule has 5 nitrogen and oxygen atoms in total. The van der Waals surface area contributed by atoms with Gasteiger partial charge in [-0.3, -0.25) is 4.79 Å². The molecule has 150 valence electrons. The summed E-state index contributed by atoms with van der Waals surface area (Å²) in [4.78, 5) is 25.8. The molecule has 0 radical (unpaired) electrons. The third-order valence-corrected chi connectivity index (χ3v) is 5.44. The molecular formula is C24H25NO4. The van der Waals surface area contributed by atoms with E-state index >= 15 is 0 Å². The molecule has 2 aromatic carbocycles. The van der Waals surface area contributed by atoms with Crippen molar-refractivity contribution in [3.63, 3.8) is 0 Å². The highest BCUT2D eigenvalue weighted by Gasteiger charge is 2.30. The Kier molecular flexibility index (Phi) is 5.65. The Bertz CT molecular complexity index is 926. The van der Waals surface area contributed by atoms with Gasteiger partial charge >= 0.3 is 5.97 Å². The van der Waals surface area contributed by atoms with Gasteiger partial charge in [0.05, 0.1) is 5.57 Å². The van der Waals surface area contributed by atoms with Gasteiger partial charge in [0, 0.05) is 17.2 Å². The zero-order valence-electron chi connectivity index (χ0n) is 16.5. The van der Waals surface area contributed by atoms with Gasteiger partial charge in [0.2, 0.25) is 6.10 Å². The smallest absolute Gasteiger partial charge is 0.338 e. The number of hydrogen-bond donors (Lipinski definition) is 1. The molecule has 2 aromatic rings. The molecule has 2 aliphatic rings. The number of rotatable bonds is 5. The molecule has 1 N–H and O–H groups in total. The Hall–Kier alpha value is -3.08. The van der Waals surface area contributed by atoms with Crippen LogP contribution in [0.4, 0.5) is 0 Å². The van der Waals surface area contributed by atoms with Crippen LogP contribution in [0.3, 0.4) is 0 Å². The number of fused-ring (bicyclic) bond motifs is 1. The highest BCUT2D eigenvalue weighted by atomic mass is 16.6. The van der Waals surface area contributed by atoms with Crippen molar-refractivity contribution in [1.29, 1.82) is 0 Å². The van der Waals surface area contributed by atoms with Crippen LogP contribution in [-0.2, 0) is 14.3 Å². The molecule has 0 unspecified atom stereocenters. The van der Waals surface area contributed by atoms with E-state index in [2.05, 4.69) is 5.32 Å². The standard InChI is InChI=1S/C24H25NO4/c1-16-10-12-17(13-11-16)22(23(26)25-20-7-3-4-8-20)29-24(27)19-14-18-6-2-5-9-21(18)28-15-19/h2,5-6,9-14,20,22H,3-4,7-8,15H2,1H3,(H,25,26)/t22-/m1/s1. The number of amides is 1. The van der Waals surface area contributed by atoms with Gasteiger partial charge in [0.15, 0.2) is 0 Å². The third-order valence-electron chi connectivity index (χ3n) is 5.44. The van der Waals surface area contributed by atoms with Crippen LogP contribution >= 0.6 is 0 Å². The predicted octanol–water partition coefficient (Wildman–Crippen LogP) is 4.11. The summed E-state index contributed by atoms with van der Waals surface area (Å²) >= 11 is 0. The van der Waals surface area contributed by atoms with E-state index in [1.807, 2.05) is 55.5 Å². The molecule has 0 saturated heterocycles. The zero-order valence-corrected chi connectivity index (χ0v) is 16.5. The Morgan fingerprint density at radius 3 is 2.55 bits per heavy atom. The second-order valence-electron chi connectivity index (χ2n) is 7.68. The lowest BCUT2D eigenvalue weighted by Gasteiger charge is -2.22. The van der Waals surface area contributed by atoms with E-state index in [4.69, 9.17) is 9.47 Å². The van der Waals surface area contributed by atoms with Gasteiger partial charge in [0.1, 0.15) is 12.4 Å². The van der Waals surface area contributed by atoms with Crippen LogP contribution in [0.2, 0.25) is 0 Å². The van der Waals surface area contributed by atoms with Crippen molar-refractivity contribution in [3.05, 3.63) is 70.8 Å². The summed E-state index contributed by atoms with van der Waals surface area (Å²) in [6.07, 6.45) is 4.95. The maximum atomic E-state index is 13.0. The molecule has 0 bridgehead atoms. The summed E-state index contributed by atoms with van der Waals surface area (Å²) in [5.41, 5.74) is 2.97. The molecule has 1 aliphatic heterocycles. The minimum Gasteiger partial charge on any atom is -0.488 e. The molecule has 0 aromatic heterocycles. The molecule has 4 rings (SSSR count). The second-order valence-corrected chi connectivity index (χ2v) is 7.68. The van der Waals surface area contributed by atoms with Gasteiger partial charge in [-0.15, -0.1) is 0 Å². The first-order valence-electron chi connectivity index (χ1n) is 10.1.